The summed E-state index contributed by atoms with van der Waals surface area (Å²) in [6.45, 7) is 11.7. The SMILES string of the molecule is CCN(CC)CCOc1ccccc1CNC(=NC)NCC(c1ccco1)N1CCCC1.I. The predicted octanol–water partition coefficient (Wildman–Crippen LogP) is 4.12. The first kappa shape index (κ1) is 27.5. The highest BCUT2D eigenvalue weighted by atomic mass is 127. The van der Waals surface area contributed by atoms with Crippen LogP contribution in [0.25, 0.3) is 0 Å². The number of hydrogen-bond donors (Lipinski definition) is 2. The molecular weight excluding hydrogens is 529 g/mol. The van der Waals surface area contributed by atoms with Crippen LogP contribution in [0.4, 0.5) is 0 Å². The van der Waals surface area contributed by atoms with Gasteiger partial charge in [-0.2, -0.15) is 0 Å². The number of guanidine groups is 1. The fraction of sp³-hybridized carbons (Fsp3) is 0.560. The van der Waals surface area contributed by atoms with Crippen LogP contribution in [0, 0.1) is 0 Å². The molecule has 2 heterocycles. The second kappa shape index (κ2) is 15.2. The van der Waals surface area contributed by atoms with E-state index in [2.05, 4.69) is 51.4 Å². The fourth-order valence-corrected chi connectivity index (χ4v) is 4.15. The van der Waals surface area contributed by atoms with E-state index in [4.69, 9.17) is 9.15 Å². The lowest BCUT2D eigenvalue weighted by molar-refractivity contribution is 0.215. The number of para-hydroxylation sites is 1. The van der Waals surface area contributed by atoms with E-state index in [9.17, 15) is 0 Å². The van der Waals surface area contributed by atoms with Crippen molar-refractivity contribution in [1.82, 2.24) is 20.4 Å². The molecule has 1 aromatic heterocycles. The average molecular weight is 570 g/mol. The third kappa shape index (κ3) is 8.50. The van der Waals surface area contributed by atoms with Gasteiger partial charge in [-0.1, -0.05) is 32.0 Å². The second-order valence-corrected chi connectivity index (χ2v) is 8.06. The molecule has 8 heteroatoms. The molecule has 1 saturated heterocycles. The van der Waals surface area contributed by atoms with Gasteiger partial charge in [0.05, 0.1) is 12.3 Å². The number of furan rings is 1. The lowest BCUT2D eigenvalue weighted by Gasteiger charge is -2.26. The molecule has 1 fully saturated rings. The van der Waals surface area contributed by atoms with Gasteiger partial charge in [-0.3, -0.25) is 9.89 Å². The summed E-state index contributed by atoms with van der Waals surface area (Å²) in [5.74, 6) is 2.70. The molecule has 1 aliphatic heterocycles. The van der Waals surface area contributed by atoms with Crippen LogP contribution in [-0.4, -0.2) is 68.7 Å². The molecule has 1 atom stereocenters. The van der Waals surface area contributed by atoms with Crippen molar-refractivity contribution in [3.8, 4) is 5.75 Å². The Kier molecular flexibility index (Phi) is 12.6. The fourth-order valence-electron chi connectivity index (χ4n) is 4.15. The minimum Gasteiger partial charge on any atom is -0.492 e. The van der Waals surface area contributed by atoms with E-state index in [0.717, 1.165) is 62.3 Å². The summed E-state index contributed by atoms with van der Waals surface area (Å²) in [7, 11) is 1.81. The minimum absolute atomic E-state index is 0. The van der Waals surface area contributed by atoms with Crippen LogP contribution in [0.15, 0.2) is 52.1 Å². The Hall–Kier alpha value is -1.78. The predicted molar refractivity (Wildman–Crippen MR) is 146 cm³/mol. The monoisotopic (exact) mass is 569 g/mol. The molecule has 1 aromatic carbocycles. The normalized spacial score (nSPS) is 15.3. The third-order valence-corrected chi connectivity index (χ3v) is 6.12. The van der Waals surface area contributed by atoms with Crippen LogP contribution in [0.2, 0.25) is 0 Å². The van der Waals surface area contributed by atoms with E-state index in [1.54, 1.807) is 13.3 Å². The maximum absolute atomic E-state index is 6.09. The number of nitrogens with zero attached hydrogens (tertiary/aromatic N) is 3. The van der Waals surface area contributed by atoms with Gasteiger partial charge in [0.15, 0.2) is 5.96 Å². The molecule has 7 nitrogen and oxygen atoms in total. The molecular formula is C25H40IN5O2. The number of hydrogen-bond acceptors (Lipinski definition) is 5. The Morgan fingerprint density at radius 2 is 1.88 bits per heavy atom. The van der Waals surface area contributed by atoms with Crippen LogP contribution < -0.4 is 15.4 Å². The Morgan fingerprint density at radius 3 is 2.55 bits per heavy atom. The number of likely N-dealkylation sites (tertiary alicyclic amines) is 1. The molecule has 0 radical (unpaired) electrons. The quantitative estimate of drug-likeness (QED) is 0.228. The summed E-state index contributed by atoms with van der Waals surface area (Å²) >= 11 is 0. The van der Waals surface area contributed by atoms with Gasteiger partial charge < -0.3 is 24.7 Å². The zero-order chi connectivity index (χ0) is 22.6. The molecule has 0 spiro atoms. The average Bonchev–Trinajstić information content (AvgIpc) is 3.55. The summed E-state index contributed by atoms with van der Waals surface area (Å²) in [6.07, 6.45) is 4.24. The standard InChI is InChI=1S/C25H39N5O2.HI/c1-4-29(5-2)16-18-32-23-12-7-6-11-21(23)19-27-25(26-3)28-20-22(24-13-10-17-31-24)30-14-8-9-15-30;/h6-7,10-13,17,22H,4-5,8-9,14-16,18-20H2,1-3H3,(H2,26,27,28);1H. The third-order valence-electron chi connectivity index (χ3n) is 6.12. The Bertz CT molecular complexity index is 805. The molecule has 184 valence electrons. The first-order valence-corrected chi connectivity index (χ1v) is 11.9. The molecule has 0 amide bonds. The molecule has 33 heavy (non-hydrogen) atoms. The summed E-state index contributed by atoms with van der Waals surface area (Å²) in [5.41, 5.74) is 1.12. The van der Waals surface area contributed by atoms with Crippen LogP contribution >= 0.6 is 24.0 Å². The zero-order valence-electron chi connectivity index (χ0n) is 20.3. The lowest BCUT2D eigenvalue weighted by Crippen LogP contribution is -2.42. The smallest absolute Gasteiger partial charge is 0.191 e. The molecule has 1 aliphatic rings. The van der Waals surface area contributed by atoms with Gasteiger partial charge in [-0.05, 0) is 57.2 Å². The first-order valence-electron chi connectivity index (χ1n) is 11.9. The number of nitrogens with one attached hydrogen (secondary N) is 2. The maximum Gasteiger partial charge on any atom is 0.191 e. The second-order valence-electron chi connectivity index (χ2n) is 8.06. The van der Waals surface area contributed by atoms with Crippen LogP contribution in [0.1, 0.15) is 44.1 Å². The highest BCUT2D eigenvalue weighted by Gasteiger charge is 2.25. The van der Waals surface area contributed by atoms with Crippen molar-refractivity contribution in [2.45, 2.75) is 39.3 Å². The van der Waals surface area contributed by atoms with Crippen molar-refractivity contribution < 1.29 is 9.15 Å². The topological polar surface area (TPSA) is 65.3 Å². The number of rotatable bonds is 12. The van der Waals surface area contributed by atoms with Crippen LogP contribution in [0.3, 0.4) is 0 Å². The van der Waals surface area contributed by atoms with E-state index in [1.807, 2.05) is 24.3 Å². The van der Waals surface area contributed by atoms with E-state index in [1.165, 1.54) is 12.8 Å². The van der Waals surface area contributed by atoms with Crippen molar-refractivity contribution in [2.24, 2.45) is 4.99 Å². The van der Waals surface area contributed by atoms with Gasteiger partial charge in [-0.15, -0.1) is 24.0 Å². The maximum atomic E-state index is 6.09. The van der Waals surface area contributed by atoms with Crippen molar-refractivity contribution in [1.29, 1.82) is 0 Å². The largest absolute Gasteiger partial charge is 0.492 e. The first-order chi connectivity index (χ1) is 15.7. The number of benzene rings is 1. The number of halogens is 1. The van der Waals surface area contributed by atoms with Gasteiger partial charge in [0.1, 0.15) is 18.1 Å². The Morgan fingerprint density at radius 1 is 1.12 bits per heavy atom. The van der Waals surface area contributed by atoms with Gasteiger partial charge in [0.25, 0.3) is 0 Å². The number of ether oxygens (including phenoxy) is 1. The molecule has 0 saturated carbocycles. The van der Waals surface area contributed by atoms with Gasteiger partial charge >= 0.3 is 0 Å². The van der Waals surface area contributed by atoms with E-state index in [-0.39, 0.29) is 30.0 Å². The highest BCUT2D eigenvalue weighted by molar-refractivity contribution is 14.0. The summed E-state index contributed by atoms with van der Waals surface area (Å²) in [4.78, 5) is 9.27. The van der Waals surface area contributed by atoms with E-state index >= 15 is 0 Å². The van der Waals surface area contributed by atoms with Gasteiger partial charge in [0.2, 0.25) is 0 Å². The van der Waals surface area contributed by atoms with Crippen LogP contribution in [0.5, 0.6) is 5.75 Å². The summed E-state index contributed by atoms with van der Waals surface area (Å²) in [5, 5.41) is 6.93. The Balaban J connectivity index is 0.00000385. The van der Waals surface area contributed by atoms with E-state index in [0.29, 0.717) is 13.2 Å². The van der Waals surface area contributed by atoms with Crippen LogP contribution in [-0.2, 0) is 6.54 Å². The van der Waals surface area contributed by atoms with Gasteiger partial charge in [0, 0.05) is 32.2 Å². The summed E-state index contributed by atoms with van der Waals surface area (Å²) < 4.78 is 11.8. The zero-order valence-corrected chi connectivity index (χ0v) is 22.6. The Labute approximate surface area is 216 Å². The number of likely N-dealkylation sites (N-methyl/N-ethyl adjacent to an activating group) is 1. The number of aliphatic imine (C=N–C) groups is 1. The molecule has 0 aliphatic carbocycles. The van der Waals surface area contributed by atoms with Crippen molar-refractivity contribution >= 4 is 29.9 Å². The minimum atomic E-state index is 0. The van der Waals surface area contributed by atoms with Crippen molar-refractivity contribution in [3.05, 3.63) is 54.0 Å². The highest BCUT2D eigenvalue weighted by Crippen LogP contribution is 2.25. The molecule has 2 N–H and O–H groups in total. The van der Waals surface area contributed by atoms with Crippen molar-refractivity contribution in [2.75, 3.05) is 52.9 Å². The van der Waals surface area contributed by atoms with Crippen molar-refractivity contribution in [3.63, 3.8) is 0 Å². The van der Waals surface area contributed by atoms with Gasteiger partial charge in [-0.25, -0.2) is 0 Å². The molecule has 1 unspecified atom stereocenters. The molecule has 2 aromatic rings. The summed E-state index contributed by atoms with van der Waals surface area (Å²) in [6, 6.07) is 12.4. The lowest BCUT2D eigenvalue weighted by atomic mass is 10.2. The molecule has 3 rings (SSSR count). The van der Waals surface area contributed by atoms with E-state index < -0.39 is 0 Å². The molecule has 0 bridgehead atoms.